The van der Waals surface area contributed by atoms with Gasteiger partial charge in [0.1, 0.15) is 61.0 Å². The number of hydrogen-bond donors (Lipinski definition) is 11. The number of hydrogen-bond acceptors (Lipinski definition) is 18. The molecule has 18 nitrogen and oxygen atoms in total. The van der Waals surface area contributed by atoms with Crippen LogP contribution in [0.15, 0.2) is 11.6 Å². The fourth-order valence-electron chi connectivity index (χ4n) is 13.3. The second-order valence-electron chi connectivity index (χ2n) is 20.6. The minimum absolute atomic E-state index is 0.00992. The molecule has 0 aromatic carbocycles. The van der Waals surface area contributed by atoms with Gasteiger partial charge in [-0.2, -0.15) is 0 Å². The summed E-state index contributed by atoms with van der Waals surface area (Å²) in [7, 11) is 0. The van der Waals surface area contributed by atoms with Crippen molar-refractivity contribution in [3.63, 3.8) is 0 Å². The number of ether oxygens (including phenoxy) is 7. The molecule has 8 rings (SSSR count). The SMILES string of the molecule is C[C@H](CO)CCC1(O)OC2C[C@H]3[C@@H]4CC=C5CC(O[C@@H]6O[C@H](CO)[C@@H](O[C@H]7O[C@@H](C)[C@H](O)[C@@H](O)[C@H]7O)[C@H](O)[C@H]6O[C@H]6O[C@@H](O)[C@H](O)[C@@H](O)[C@H]6O)CC[C@]5(C)[C@H]4CC[C@]3(C)[C@@H]2[C@@H]1C. The molecule has 0 aromatic heterocycles. The van der Waals surface area contributed by atoms with Crippen molar-refractivity contribution in [3.05, 3.63) is 11.6 Å². The summed E-state index contributed by atoms with van der Waals surface area (Å²) in [6.07, 6.45) is -15.3. The van der Waals surface area contributed by atoms with Gasteiger partial charge in [-0.25, -0.2) is 0 Å². The fourth-order valence-corrected chi connectivity index (χ4v) is 13.3. The first-order chi connectivity index (χ1) is 29.3. The van der Waals surface area contributed by atoms with Crippen LogP contribution in [0.1, 0.15) is 92.4 Å². The van der Waals surface area contributed by atoms with Gasteiger partial charge in [-0.05, 0) is 98.7 Å². The number of fused-ring (bicyclic) bond motifs is 7. The normalized spacial score (nSPS) is 55.7. The summed E-state index contributed by atoms with van der Waals surface area (Å²) in [6.45, 7) is 9.74. The van der Waals surface area contributed by atoms with Crippen molar-refractivity contribution in [2.75, 3.05) is 13.2 Å². The summed E-state index contributed by atoms with van der Waals surface area (Å²) in [5.41, 5.74) is 1.19. The Morgan fingerprint density at radius 3 is 2.13 bits per heavy atom. The van der Waals surface area contributed by atoms with Gasteiger partial charge < -0.3 is 89.3 Å². The van der Waals surface area contributed by atoms with E-state index in [9.17, 15) is 56.2 Å². The van der Waals surface area contributed by atoms with Crippen LogP contribution in [0.3, 0.4) is 0 Å². The molecule has 3 unspecified atom stereocenters. The molecule has 62 heavy (non-hydrogen) atoms. The molecule has 0 spiro atoms. The molecule has 18 heteroatoms. The maximum atomic E-state index is 11.9. The maximum absolute atomic E-state index is 11.9. The fraction of sp³-hybridized carbons (Fsp3) is 0.955. The molecule has 0 amide bonds. The third-order valence-electron chi connectivity index (χ3n) is 17.1. The van der Waals surface area contributed by atoms with Crippen molar-refractivity contribution < 1.29 is 89.3 Å². The minimum atomic E-state index is -1.96. The van der Waals surface area contributed by atoms with E-state index in [0.717, 1.165) is 32.1 Å². The highest BCUT2D eigenvalue weighted by Gasteiger charge is 2.68. The first-order valence-corrected chi connectivity index (χ1v) is 22.9. The molecular weight excluding hydrogens is 816 g/mol. The first kappa shape index (κ1) is 47.5. The minimum Gasteiger partial charge on any atom is -0.396 e. The molecule has 0 aromatic rings. The second-order valence-corrected chi connectivity index (χ2v) is 20.6. The van der Waals surface area contributed by atoms with Crippen LogP contribution >= 0.6 is 0 Å². The van der Waals surface area contributed by atoms with Gasteiger partial charge in [0.2, 0.25) is 0 Å². The highest BCUT2D eigenvalue weighted by molar-refractivity contribution is 5.26. The summed E-state index contributed by atoms with van der Waals surface area (Å²) in [6, 6.07) is 0. The molecule has 7 fully saturated rings. The van der Waals surface area contributed by atoms with Crippen molar-refractivity contribution in [1.29, 1.82) is 0 Å². The third kappa shape index (κ3) is 8.06. The highest BCUT2D eigenvalue weighted by Crippen LogP contribution is 2.70. The Bertz CT molecular complexity index is 1590. The van der Waals surface area contributed by atoms with E-state index in [2.05, 4.69) is 26.8 Å². The van der Waals surface area contributed by atoms with Gasteiger partial charge in [0, 0.05) is 18.9 Å². The molecule has 3 saturated carbocycles. The van der Waals surface area contributed by atoms with E-state index in [1.54, 1.807) is 0 Å². The lowest BCUT2D eigenvalue weighted by atomic mass is 9.47. The van der Waals surface area contributed by atoms with E-state index < -0.39 is 111 Å². The lowest BCUT2D eigenvalue weighted by Gasteiger charge is -2.58. The van der Waals surface area contributed by atoms with E-state index in [4.69, 9.17) is 33.2 Å². The van der Waals surface area contributed by atoms with Gasteiger partial charge in [-0.1, -0.05) is 39.3 Å². The highest BCUT2D eigenvalue weighted by atomic mass is 16.8. The Morgan fingerprint density at radius 1 is 0.758 bits per heavy atom. The van der Waals surface area contributed by atoms with Crippen LogP contribution < -0.4 is 0 Å². The van der Waals surface area contributed by atoms with E-state index >= 15 is 0 Å². The average molecular weight is 889 g/mol. The zero-order valence-corrected chi connectivity index (χ0v) is 36.4. The van der Waals surface area contributed by atoms with Crippen LogP contribution in [-0.4, -0.2) is 180 Å². The largest absolute Gasteiger partial charge is 0.396 e. The monoisotopic (exact) mass is 888 g/mol. The van der Waals surface area contributed by atoms with E-state index in [1.165, 1.54) is 12.5 Å². The molecule has 4 aliphatic heterocycles. The van der Waals surface area contributed by atoms with Crippen molar-refractivity contribution in [2.45, 2.75) is 203 Å². The standard InChI is InChI=1S/C44H72O18/c1-18(16-45)8-13-44(55)19(2)28-26(62-44)15-25-23-7-6-21-14-22(9-11-42(21,4)24(23)10-12-43(25,28)5)57-41-37(60-40-34(52)31(49)32(50)38(54)61-40)35(53)36(27(17-46)58-41)59-39-33(51)30(48)29(47)20(3)56-39/h6,18-20,22-41,45-55H,7-17H2,1-5H3/t18-,19-,20-,22?,23+,24-,25-,26?,27+,28+,29-,30+,31+,32+,33+,34+,35-,36+,37+,38+,39+,40-,41+,42-,43-,44?/m0/s1. The topological polar surface area (TPSA) is 287 Å². The molecule has 8 aliphatic rings. The second kappa shape index (κ2) is 17.9. The zero-order valence-electron chi connectivity index (χ0n) is 36.4. The Morgan fingerprint density at radius 2 is 1.44 bits per heavy atom. The molecule has 26 atom stereocenters. The molecule has 4 aliphatic carbocycles. The van der Waals surface area contributed by atoms with Crippen LogP contribution in [0.5, 0.6) is 0 Å². The number of rotatable bonds is 11. The molecular formula is C44H72O18. The Kier molecular flexibility index (Phi) is 13.7. The van der Waals surface area contributed by atoms with E-state index in [1.807, 2.05) is 6.92 Å². The summed E-state index contributed by atoms with van der Waals surface area (Å²) < 4.78 is 42.3. The van der Waals surface area contributed by atoms with Gasteiger partial charge in [0.05, 0.1) is 24.9 Å². The quantitative estimate of drug-likeness (QED) is 0.112. The third-order valence-corrected chi connectivity index (χ3v) is 17.1. The number of aliphatic hydroxyl groups excluding tert-OH is 10. The zero-order chi connectivity index (χ0) is 44.8. The van der Waals surface area contributed by atoms with Gasteiger partial charge in [0.15, 0.2) is 30.9 Å². The van der Waals surface area contributed by atoms with Crippen molar-refractivity contribution >= 4 is 0 Å². The predicted molar refractivity (Wildman–Crippen MR) is 213 cm³/mol. The molecule has 4 heterocycles. The predicted octanol–water partition coefficient (Wildman–Crippen LogP) is -0.874. The van der Waals surface area contributed by atoms with Crippen LogP contribution in [0, 0.1) is 46.3 Å². The first-order valence-electron chi connectivity index (χ1n) is 22.9. The van der Waals surface area contributed by atoms with Crippen LogP contribution in [0.2, 0.25) is 0 Å². The van der Waals surface area contributed by atoms with Gasteiger partial charge in [-0.3, -0.25) is 0 Å². The lowest BCUT2D eigenvalue weighted by Crippen LogP contribution is -2.66. The number of aliphatic hydroxyl groups is 11. The van der Waals surface area contributed by atoms with Crippen LogP contribution in [-0.2, 0) is 33.2 Å². The van der Waals surface area contributed by atoms with Crippen LogP contribution in [0.25, 0.3) is 0 Å². The van der Waals surface area contributed by atoms with Crippen molar-refractivity contribution in [3.8, 4) is 0 Å². The van der Waals surface area contributed by atoms with Crippen LogP contribution in [0.4, 0.5) is 0 Å². The van der Waals surface area contributed by atoms with Gasteiger partial charge >= 0.3 is 0 Å². The summed E-state index contributed by atoms with van der Waals surface area (Å²) in [4.78, 5) is 0. The van der Waals surface area contributed by atoms with E-state index in [0.29, 0.717) is 43.4 Å². The molecule has 356 valence electrons. The lowest BCUT2D eigenvalue weighted by molar-refractivity contribution is -0.400. The Hall–Kier alpha value is -0.980. The average Bonchev–Trinajstić information content (AvgIpc) is 3.68. The smallest absolute Gasteiger partial charge is 0.189 e. The summed E-state index contributed by atoms with van der Waals surface area (Å²) in [5, 5.41) is 117. The molecule has 11 N–H and O–H groups in total. The van der Waals surface area contributed by atoms with Crippen molar-refractivity contribution in [2.24, 2.45) is 46.3 Å². The van der Waals surface area contributed by atoms with Gasteiger partial charge in [-0.15, -0.1) is 0 Å². The maximum Gasteiger partial charge on any atom is 0.189 e. The van der Waals surface area contributed by atoms with Crippen molar-refractivity contribution in [1.82, 2.24) is 0 Å². The molecule has 0 bridgehead atoms. The Balaban J connectivity index is 0.982. The summed E-state index contributed by atoms with van der Waals surface area (Å²) >= 11 is 0. The summed E-state index contributed by atoms with van der Waals surface area (Å²) in [5.74, 6) is 0.463. The molecule has 4 saturated heterocycles. The Labute approximate surface area is 362 Å². The van der Waals surface area contributed by atoms with Gasteiger partial charge in [0.25, 0.3) is 0 Å². The van der Waals surface area contributed by atoms with E-state index in [-0.39, 0.29) is 41.3 Å². The number of allylic oxidation sites excluding steroid dienone is 1. The molecule has 0 radical (unpaired) electrons.